The maximum Gasteiger partial charge on any atom is 0.416 e. The van der Waals surface area contributed by atoms with Gasteiger partial charge >= 0.3 is 6.18 Å². The summed E-state index contributed by atoms with van der Waals surface area (Å²) in [6.45, 7) is 0. The summed E-state index contributed by atoms with van der Waals surface area (Å²) in [6, 6.07) is 18.3. The fourth-order valence-electron chi connectivity index (χ4n) is 3.06. The van der Waals surface area contributed by atoms with E-state index in [2.05, 4.69) is 5.10 Å². The molecule has 0 amide bonds. The van der Waals surface area contributed by atoms with Crippen molar-refractivity contribution in [2.75, 3.05) is 5.73 Å². The van der Waals surface area contributed by atoms with Crippen LogP contribution in [0.25, 0.3) is 27.7 Å². The Kier molecular flexibility index (Phi) is 4.15. The first-order chi connectivity index (χ1) is 13.3. The molecule has 28 heavy (non-hydrogen) atoms. The molecule has 4 rings (SSSR count). The van der Waals surface area contributed by atoms with Gasteiger partial charge in [0.05, 0.1) is 22.3 Å². The molecule has 1 heterocycles. The maximum atomic E-state index is 12.9. The van der Waals surface area contributed by atoms with Crippen LogP contribution in [0.4, 0.5) is 18.9 Å². The van der Waals surface area contributed by atoms with Gasteiger partial charge < -0.3 is 5.73 Å². The molecule has 140 valence electrons. The van der Waals surface area contributed by atoms with Gasteiger partial charge in [0.15, 0.2) is 0 Å². The van der Waals surface area contributed by atoms with E-state index in [4.69, 9.17) is 5.73 Å². The summed E-state index contributed by atoms with van der Waals surface area (Å²) in [5, 5.41) is 5.49. The van der Waals surface area contributed by atoms with E-state index in [0.717, 1.165) is 16.8 Å². The van der Waals surface area contributed by atoms with Gasteiger partial charge in [-0.05, 0) is 42.5 Å². The fraction of sp³-hybridized carbons (Fsp3) is 0.0476. The number of nitrogens with zero attached hydrogens (tertiary/aromatic N) is 2. The van der Waals surface area contributed by atoms with Crippen LogP contribution in [0.2, 0.25) is 0 Å². The third kappa shape index (κ3) is 3.11. The Labute approximate surface area is 157 Å². The standard InChI is InChI=1S/C21H14F3N3O/c22-21(23,24)14-8-10-16(11-9-14)27-20(28)18-7-2-1-6-17(18)19(26-27)13-4-3-5-15(25)12-13/h1-12H,25H2. The average molecular weight is 381 g/mol. The number of nitrogens with two attached hydrogens (primary N) is 1. The minimum atomic E-state index is -4.45. The van der Waals surface area contributed by atoms with E-state index in [-0.39, 0.29) is 5.69 Å². The Morgan fingerprint density at radius 3 is 2.18 bits per heavy atom. The largest absolute Gasteiger partial charge is 0.416 e. The van der Waals surface area contributed by atoms with E-state index in [1.807, 2.05) is 6.07 Å². The Morgan fingerprint density at radius 2 is 1.54 bits per heavy atom. The van der Waals surface area contributed by atoms with Crippen molar-refractivity contribution in [3.63, 3.8) is 0 Å². The normalized spacial score (nSPS) is 11.7. The molecule has 0 bridgehead atoms. The third-order valence-corrected chi connectivity index (χ3v) is 4.40. The van der Waals surface area contributed by atoms with Gasteiger partial charge in [-0.3, -0.25) is 4.79 Å². The number of rotatable bonds is 2. The molecule has 3 aromatic carbocycles. The second-order valence-corrected chi connectivity index (χ2v) is 6.28. The lowest BCUT2D eigenvalue weighted by Gasteiger charge is -2.13. The van der Waals surface area contributed by atoms with Gasteiger partial charge in [0.1, 0.15) is 0 Å². The summed E-state index contributed by atoms with van der Waals surface area (Å²) in [5.74, 6) is 0. The van der Waals surface area contributed by atoms with Gasteiger partial charge in [-0.1, -0.05) is 30.3 Å². The van der Waals surface area contributed by atoms with Crippen molar-refractivity contribution in [3.8, 4) is 16.9 Å². The van der Waals surface area contributed by atoms with Crippen molar-refractivity contribution >= 4 is 16.5 Å². The van der Waals surface area contributed by atoms with E-state index in [9.17, 15) is 18.0 Å². The second-order valence-electron chi connectivity index (χ2n) is 6.28. The van der Waals surface area contributed by atoms with Gasteiger partial charge in [-0.2, -0.15) is 23.0 Å². The van der Waals surface area contributed by atoms with Gasteiger partial charge in [0.25, 0.3) is 5.56 Å². The van der Waals surface area contributed by atoms with Crippen LogP contribution in [-0.2, 0) is 6.18 Å². The van der Waals surface area contributed by atoms with Crippen LogP contribution in [0.3, 0.4) is 0 Å². The third-order valence-electron chi connectivity index (χ3n) is 4.40. The highest BCUT2D eigenvalue weighted by Gasteiger charge is 2.30. The lowest BCUT2D eigenvalue weighted by Crippen LogP contribution is -2.22. The second kappa shape index (κ2) is 6.53. The molecule has 0 spiro atoms. The Hall–Kier alpha value is -3.61. The van der Waals surface area contributed by atoms with Crippen LogP contribution in [0.5, 0.6) is 0 Å². The molecule has 0 fully saturated rings. The first-order valence-electron chi connectivity index (χ1n) is 8.40. The zero-order valence-electron chi connectivity index (χ0n) is 14.4. The summed E-state index contributed by atoms with van der Waals surface area (Å²) < 4.78 is 39.6. The molecule has 0 radical (unpaired) electrons. The van der Waals surface area contributed by atoms with Gasteiger partial charge in [-0.25, -0.2) is 0 Å². The number of fused-ring (bicyclic) bond motifs is 1. The number of nitrogen functional groups attached to an aromatic ring is 1. The van der Waals surface area contributed by atoms with E-state index in [1.165, 1.54) is 12.1 Å². The molecule has 4 nitrogen and oxygen atoms in total. The van der Waals surface area contributed by atoms with E-state index >= 15 is 0 Å². The molecule has 0 unspecified atom stereocenters. The van der Waals surface area contributed by atoms with E-state index in [1.54, 1.807) is 42.5 Å². The maximum absolute atomic E-state index is 12.9. The van der Waals surface area contributed by atoms with Crippen molar-refractivity contribution in [1.82, 2.24) is 9.78 Å². The number of alkyl halides is 3. The van der Waals surface area contributed by atoms with Crippen molar-refractivity contribution in [2.45, 2.75) is 6.18 Å². The highest BCUT2D eigenvalue weighted by Crippen LogP contribution is 2.30. The van der Waals surface area contributed by atoms with Crippen molar-refractivity contribution < 1.29 is 13.2 Å². The lowest BCUT2D eigenvalue weighted by atomic mass is 10.0. The Morgan fingerprint density at radius 1 is 0.857 bits per heavy atom. The molecule has 7 heteroatoms. The number of hydrogen-bond donors (Lipinski definition) is 1. The molecule has 0 saturated carbocycles. The van der Waals surface area contributed by atoms with Crippen molar-refractivity contribution in [1.29, 1.82) is 0 Å². The van der Waals surface area contributed by atoms with E-state index < -0.39 is 17.3 Å². The predicted octanol–water partition coefficient (Wildman–Crippen LogP) is 4.65. The monoisotopic (exact) mass is 381 g/mol. The number of benzene rings is 3. The molecular formula is C21H14F3N3O. The molecule has 0 saturated heterocycles. The molecule has 2 N–H and O–H groups in total. The van der Waals surface area contributed by atoms with E-state index in [0.29, 0.717) is 27.7 Å². The average Bonchev–Trinajstić information content (AvgIpc) is 2.68. The van der Waals surface area contributed by atoms with Crippen molar-refractivity contribution in [2.24, 2.45) is 0 Å². The number of anilines is 1. The number of hydrogen-bond acceptors (Lipinski definition) is 3. The molecule has 0 aliphatic carbocycles. The Balaban J connectivity index is 1.97. The zero-order chi connectivity index (χ0) is 19.9. The summed E-state index contributed by atoms with van der Waals surface area (Å²) in [6.07, 6.45) is -4.45. The fourth-order valence-corrected chi connectivity index (χ4v) is 3.06. The minimum absolute atomic E-state index is 0.244. The van der Waals surface area contributed by atoms with Crippen LogP contribution in [0.1, 0.15) is 5.56 Å². The highest BCUT2D eigenvalue weighted by molar-refractivity contribution is 5.94. The number of aromatic nitrogens is 2. The van der Waals surface area contributed by atoms with Gasteiger partial charge in [0.2, 0.25) is 0 Å². The molecule has 1 aromatic heterocycles. The van der Waals surface area contributed by atoms with Crippen molar-refractivity contribution in [3.05, 3.63) is 88.7 Å². The lowest BCUT2D eigenvalue weighted by molar-refractivity contribution is -0.137. The quantitative estimate of drug-likeness (QED) is 0.514. The summed E-state index contributed by atoms with van der Waals surface area (Å²) >= 11 is 0. The Bertz CT molecular complexity index is 1230. The van der Waals surface area contributed by atoms with Crippen LogP contribution in [0.15, 0.2) is 77.6 Å². The topological polar surface area (TPSA) is 60.9 Å². The summed E-state index contributed by atoms with van der Waals surface area (Å²) in [7, 11) is 0. The first-order valence-corrected chi connectivity index (χ1v) is 8.40. The van der Waals surface area contributed by atoms with Crippen LogP contribution >= 0.6 is 0 Å². The molecule has 0 aliphatic heterocycles. The summed E-state index contributed by atoms with van der Waals surface area (Å²) in [4.78, 5) is 12.9. The SMILES string of the molecule is Nc1cccc(-c2nn(-c3ccc(C(F)(F)F)cc3)c(=O)c3ccccc23)c1. The summed E-state index contributed by atoms with van der Waals surface area (Å²) in [5.41, 5.74) is 6.67. The molecule has 0 atom stereocenters. The zero-order valence-corrected chi connectivity index (χ0v) is 14.4. The van der Waals surface area contributed by atoms with Crippen LogP contribution in [0, 0.1) is 0 Å². The highest BCUT2D eigenvalue weighted by atomic mass is 19.4. The van der Waals surface area contributed by atoms with Crippen LogP contribution < -0.4 is 11.3 Å². The van der Waals surface area contributed by atoms with Crippen LogP contribution in [-0.4, -0.2) is 9.78 Å². The predicted molar refractivity (Wildman–Crippen MR) is 102 cm³/mol. The molecule has 4 aromatic rings. The molecule has 0 aliphatic rings. The smallest absolute Gasteiger partial charge is 0.399 e. The minimum Gasteiger partial charge on any atom is -0.399 e. The van der Waals surface area contributed by atoms with Gasteiger partial charge in [0, 0.05) is 16.6 Å². The number of halogens is 3. The molecular weight excluding hydrogens is 367 g/mol. The van der Waals surface area contributed by atoms with Gasteiger partial charge in [-0.15, -0.1) is 0 Å². The first kappa shape index (κ1) is 17.8.